The van der Waals surface area contributed by atoms with Gasteiger partial charge in [0.1, 0.15) is 5.76 Å². The number of piperazine rings is 1. The summed E-state index contributed by atoms with van der Waals surface area (Å²) in [6.07, 6.45) is 4.36. The van der Waals surface area contributed by atoms with E-state index in [0.29, 0.717) is 32.7 Å². The maximum atomic E-state index is 12.3. The number of imidazole rings is 1. The van der Waals surface area contributed by atoms with Crippen molar-refractivity contribution < 1.29 is 12.8 Å². The highest BCUT2D eigenvalue weighted by atomic mass is 32.2. The zero-order valence-electron chi connectivity index (χ0n) is 10.9. The second kappa shape index (κ2) is 5.39. The number of hydrogen-bond acceptors (Lipinski definition) is 5. The molecule has 2 aromatic heterocycles. The van der Waals surface area contributed by atoms with E-state index in [-0.39, 0.29) is 5.03 Å². The SMILES string of the molecule is O=S(=O)(c1cnc[nH]1)N1CCN(Cc2ccco2)CC1. The van der Waals surface area contributed by atoms with Gasteiger partial charge in [-0.15, -0.1) is 0 Å². The minimum atomic E-state index is -3.44. The van der Waals surface area contributed by atoms with Crippen molar-refractivity contribution in [2.24, 2.45) is 0 Å². The van der Waals surface area contributed by atoms with E-state index >= 15 is 0 Å². The summed E-state index contributed by atoms with van der Waals surface area (Å²) in [7, 11) is -3.44. The summed E-state index contributed by atoms with van der Waals surface area (Å²) in [5, 5.41) is 0.150. The maximum absolute atomic E-state index is 12.3. The van der Waals surface area contributed by atoms with Crippen LogP contribution in [0, 0.1) is 0 Å². The minimum absolute atomic E-state index is 0.150. The first kappa shape index (κ1) is 13.3. The van der Waals surface area contributed by atoms with E-state index in [1.54, 1.807) is 6.26 Å². The van der Waals surface area contributed by atoms with Crippen LogP contribution in [0.4, 0.5) is 0 Å². The summed E-state index contributed by atoms with van der Waals surface area (Å²) in [5.74, 6) is 0.898. The van der Waals surface area contributed by atoms with Gasteiger partial charge in [-0.2, -0.15) is 4.31 Å². The van der Waals surface area contributed by atoms with Crippen molar-refractivity contribution in [1.29, 1.82) is 0 Å². The molecule has 0 unspecified atom stereocenters. The van der Waals surface area contributed by atoms with E-state index in [9.17, 15) is 8.42 Å². The summed E-state index contributed by atoms with van der Waals surface area (Å²) >= 11 is 0. The van der Waals surface area contributed by atoms with Crippen LogP contribution in [0.2, 0.25) is 0 Å². The molecule has 1 N–H and O–H groups in total. The zero-order valence-corrected chi connectivity index (χ0v) is 11.7. The third kappa shape index (κ3) is 2.62. The summed E-state index contributed by atoms with van der Waals surface area (Å²) in [5.41, 5.74) is 0. The van der Waals surface area contributed by atoms with Gasteiger partial charge in [0, 0.05) is 26.2 Å². The molecular formula is C12H16N4O3S. The van der Waals surface area contributed by atoms with Crippen molar-refractivity contribution in [3.63, 3.8) is 0 Å². The molecule has 7 nitrogen and oxygen atoms in total. The second-order valence-corrected chi connectivity index (χ2v) is 6.58. The highest BCUT2D eigenvalue weighted by Crippen LogP contribution is 2.16. The van der Waals surface area contributed by atoms with Crippen LogP contribution in [0.15, 0.2) is 40.4 Å². The number of aromatic nitrogens is 2. The Morgan fingerprint density at radius 3 is 2.70 bits per heavy atom. The van der Waals surface area contributed by atoms with Crippen LogP contribution in [0.1, 0.15) is 5.76 Å². The van der Waals surface area contributed by atoms with Crippen LogP contribution in [0.25, 0.3) is 0 Å². The van der Waals surface area contributed by atoms with Crippen LogP contribution < -0.4 is 0 Å². The van der Waals surface area contributed by atoms with Gasteiger partial charge >= 0.3 is 0 Å². The smallest absolute Gasteiger partial charge is 0.260 e. The fraction of sp³-hybridized carbons (Fsp3) is 0.417. The molecule has 108 valence electrons. The molecule has 0 atom stereocenters. The number of sulfonamides is 1. The van der Waals surface area contributed by atoms with Gasteiger partial charge in [-0.25, -0.2) is 13.4 Å². The van der Waals surface area contributed by atoms with Gasteiger partial charge in [-0.1, -0.05) is 0 Å². The van der Waals surface area contributed by atoms with Crippen molar-refractivity contribution in [2.45, 2.75) is 11.6 Å². The molecule has 0 amide bonds. The number of furan rings is 1. The molecule has 20 heavy (non-hydrogen) atoms. The predicted octanol–water partition coefficient (Wildman–Crippen LogP) is 0.509. The first-order chi connectivity index (χ1) is 9.66. The Morgan fingerprint density at radius 2 is 2.10 bits per heavy atom. The van der Waals surface area contributed by atoms with Crippen molar-refractivity contribution in [1.82, 2.24) is 19.2 Å². The molecule has 0 bridgehead atoms. The first-order valence-corrected chi connectivity index (χ1v) is 7.83. The Morgan fingerprint density at radius 1 is 1.30 bits per heavy atom. The number of aromatic amines is 1. The van der Waals surface area contributed by atoms with Crippen LogP contribution in [0.5, 0.6) is 0 Å². The standard InChI is InChI=1S/C12H16N4O3S/c17-20(18,12-8-13-10-14-12)16-5-3-15(4-6-16)9-11-2-1-7-19-11/h1-2,7-8,10H,3-6,9H2,(H,13,14). The highest BCUT2D eigenvalue weighted by molar-refractivity contribution is 7.89. The van der Waals surface area contributed by atoms with E-state index in [4.69, 9.17) is 4.42 Å². The van der Waals surface area contributed by atoms with Gasteiger partial charge < -0.3 is 9.40 Å². The summed E-state index contributed by atoms with van der Waals surface area (Å²) in [4.78, 5) is 8.60. The van der Waals surface area contributed by atoms with Crippen molar-refractivity contribution in [2.75, 3.05) is 26.2 Å². The quantitative estimate of drug-likeness (QED) is 0.889. The van der Waals surface area contributed by atoms with Crippen LogP contribution >= 0.6 is 0 Å². The fourth-order valence-electron chi connectivity index (χ4n) is 2.27. The molecule has 0 radical (unpaired) electrons. The highest BCUT2D eigenvalue weighted by Gasteiger charge is 2.29. The molecular weight excluding hydrogens is 280 g/mol. The van der Waals surface area contributed by atoms with Crippen molar-refractivity contribution in [3.05, 3.63) is 36.7 Å². The summed E-state index contributed by atoms with van der Waals surface area (Å²) < 4.78 is 31.4. The van der Waals surface area contributed by atoms with Gasteiger partial charge in [0.15, 0.2) is 5.03 Å². The Balaban J connectivity index is 1.61. The molecule has 8 heteroatoms. The third-order valence-corrected chi connectivity index (χ3v) is 5.21. The molecule has 1 aliphatic rings. The number of nitrogens with zero attached hydrogens (tertiary/aromatic N) is 3. The van der Waals surface area contributed by atoms with Crippen LogP contribution in [-0.4, -0.2) is 53.8 Å². The lowest BCUT2D eigenvalue weighted by Crippen LogP contribution is -2.48. The molecule has 0 saturated carbocycles. The normalized spacial score (nSPS) is 18.4. The molecule has 3 heterocycles. The molecule has 0 spiro atoms. The summed E-state index contributed by atoms with van der Waals surface area (Å²) in [6, 6.07) is 3.78. The maximum Gasteiger partial charge on any atom is 0.260 e. The Hall–Kier alpha value is -1.64. The van der Waals surface area contributed by atoms with Crippen LogP contribution in [0.3, 0.4) is 0 Å². The third-order valence-electron chi connectivity index (χ3n) is 3.38. The largest absolute Gasteiger partial charge is 0.468 e. The van der Waals surface area contributed by atoms with Crippen LogP contribution in [-0.2, 0) is 16.6 Å². The van der Waals surface area contributed by atoms with Gasteiger partial charge in [-0.3, -0.25) is 4.90 Å². The lowest BCUT2D eigenvalue weighted by Gasteiger charge is -2.33. The number of H-pyrrole nitrogens is 1. The molecule has 1 aliphatic heterocycles. The molecule has 1 saturated heterocycles. The second-order valence-electron chi connectivity index (χ2n) is 4.68. The van der Waals surface area contributed by atoms with E-state index in [0.717, 1.165) is 5.76 Å². The first-order valence-electron chi connectivity index (χ1n) is 6.39. The lowest BCUT2D eigenvalue weighted by atomic mass is 10.3. The average molecular weight is 296 g/mol. The van der Waals surface area contributed by atoms with E-state index < -0.39 is 10.0 Å². The Bertz CT molecular complexity index is 628. The molecule has 0 aliphatic carbocycles. The molecule has 0 aromatic carbocycles. The van der Waals surface area contributed by atoms with Gasteiger partial charge in [0.25, 0.3) is 10.0 Å². The van der Waals surface area contributed by atoms with Crippen molar-refractivity contribution in [3.8, 4) is 0 Å². The fourth-order valence-corrected chi connectivity index (χ4v) is 3.59. The zero-order chi connectivity index (χ0) is 14.0. The molecule has 3 rings (SSSR count). The average Bonchev–Trinajstić information content (AvgIpc) is 3.12. The van der Waals surface area contributed by atoms with Crippen molar-refractivity contribution >= 4 is 10.0 Å². The topological polar surface area (TPSA) is 82.4 Å². The van der Waals surface area contributed by atoms with Gasteiger partial charge in [0.2, 0.25) is 0 Å². The van der Waals surface area contributed by atoms with Gasteiger partial charge in [-0.05, 0) is 12.1 Å². The molecule has 2 aromatic rings. The van der Waals surface area contributed by atoms with E-state index in [1.165, 1.54) is 16.8 Å². The predicted molar refractivity (Wildman–Crippen MR) is 71.3 cm³/mol. The summed E-state index contributed by atoms with van der Waals surface area (Å²) in [6.45, 7) is 3.04. The number of rotatable bonds is 4. The minimum Gasteiger partial charge on any atom is -0.468 e. The van der Waals surface area contributed by atoms with E-state index in [1.807, 2.05) is 12.1 Å². The van der Waals surface area contributed by atoms with E-state index in [2.05, 4.69) is 14.9 Å². The number of hydrogen-bond donors (Lipinski definition) is 1. The van der Waals surface area contributed by atoms with Gasteiger partial charge in [0.05, 0.1) is 25.3 Å². The number of nitrogens with one attached hydrogen (secondary N) is 1. The lowest BCUT2D eigenvalue weighted by molar-refractivity contribution is 0.171. The monoisotopic (exact) mass is 296 g/mol. The molecule has 1 fully saturated rings. The Kier molecular flexibility index (Phi) is 3.60. The Labute approximate surface area is 117 Å².